The fraction of sp³-hybridized carbons (Fsp3) is 0.583. The van der Waals surface area contributed by atoms with Gasteiger partial charge in [-0.25, -0.2) is 4.98 Å². The molecule has 0 bridgehead atoms. The molecule has 0 spiro atoms. The molecule has 0 aliphatic heterocycles. The average molecular weight is 207 g/mol. The Morgan fingerprint density at radius 3 is 2.87 bits per heavy atom. The molecule has 3 nitrogen and oxygen atoms in total. The summed E-state index contributed by atoms with van der Waals surface area (Å²) in [6, 6.07) is 4.59. The standard InChI is InChI=1S/C12H21N3/c1-3-5-11(14-2)8-7-10-6-4-9-15-12(10)13/h4,6,9,11,14H,3,5,7-8H2,1-2H3,(H2,13,15). The molecule has 1 aromatic rings. The predicted molar refractivity (Wildman–Crippen MR) is 64.7 cm³/mol. The van der Waals surface area contributed by atoms with Gasteiger partial charge in [0.2, 0.25) is 0 Å². The number of aryl methyl sites for hydroxylation is 1. The predicted octanol–water partition coefficient (Wildman–Crippen LogP) is 1.98. The summed E-state index contributed by atoms with van der Waals surface area (Å²) in [5.41, 5.74) is 6.95. The van der Waals surface area contributed by atoms with Gasteiger partial charge >= 0.3 is 0 Å². The van der Waals surface area contributed by atoms with Crippen LogP contribution >= 0.6 is 0 Å². The maximum Gasteiger partial charge on any atom is 0.126 e. The summed E-state index contributed by atoms with van der Waals surface area (Å²) >= 11 is 0. The molecule has 0 saturated carbocycles. The Morgan fingerprint density at radius 2 is 2.27 bits per heavy atom. The van der Waals surface area contributed by atoms with E-state index >= 15 is 0 Å². The highest BCUT2D eigenvalue weighted by Gasteiger charge is 2.06. The molecule has 0 aliphatic carbocycles. The smallest absolute Gasteiger partial charge is 0.126 e. The van der Waals surface area contributed by atoms with Crippen molar-refractivity contribution >= 4 is 5.82 Å². The summed E-state index contributed by atoms with van der Waals surface area (Å²) in [6.07, 6.45) is 6.30. The molecule has 0 aliphatic rings. The average Bonchev–Trinajstić information content (AvgIpc) is 2.26. The Balaban J connectivity index is 2.45. The summed E-state index contributed by atoms with van der Waals surface area (Å²) in [5.74, 6) is 0.670. The molecule has 1 unspecified atom stereocenters. The molecule has 3 heteroatoms. The summed E-state index contributed by atoms with van der Waals surface area (Å²) in [4.78, 5) is 4.09. The highest BCUT2D eigenvalue weighted by atomic mass is 14.9. The maximum atomic E-state index is 5.79. The van der Waals surface area contributed by atoms with Gasteiger partial charge in [0.1, 0.15) is 5.82 Å². The van der Waals surface area contributed by atoms with Crippen molar-refractivity contribution in [3.05, 3.63) is 23.9 Å². The van der Waals surface area contributed by atoms with Crippen molar-refractivity contribution in [1.82, 2.24) is 10.3 Å². The Bertz CT molecular complexity index is 286. The third-order valence-corrected chi connectivity index (χ3v) is 2.73. The number of nitrogens with zero attached hydrogens (tertiary/aromatic N) is 1. The van der Waals surface area contributed by atoms with Gasteiger partial charge in [0, 0.05) is 12.2 Å². The van der Waals surface area contributed by atoms with E-state index in [2.05, 4.69) is 23.3 Å². The number of nitrogens with two attached hydrogens (primary N) is 1. The van der Waals surface area contributed by atoms with Crippen LogP contribution in [-0.4, -0.2) is 18.1 Å². The highest BCUT2D eigenvalue weighted by Crippen LogP contribution is 2.12. The van der Waals surface area contributed by atoms with Crippen molar-refractivity contribution in [3.63, 3.8) is 0 Å². The van der Waals surface area contributed by atoms with E-state index in [1.807, 2.05) is 13.1 Å². The third-order valence-electron chi connectivity index (χ3n) is 2.73. The van der Waals surface area contributed by atoms with Gasteiger partial charge in [-0.1, -0.05) is 19.4 Å². The van der Waals surface area contributed by atoms with Crippen LogP contribution in [0.2, 0.25) is 0 Å². The maximum absolute atomic E-state index is 5.79. The van der Waals surface area contributed by atoms with Crippen LogP contribution in [0.5, 0.6) is 0 Å². The number of aromatic nitrogens is 1. The lowest BCUT2D eigenvalue weighted by atomic mass is 10.0. The minimum atomic E-state index is 0.592. The molecular weight excluding hydrogens is 186 g/mol. The van der Waals surface area contributed by atoms with E-state index in [1.54, 1.807) is 6.20 Å². The van der Waals surface area contributed by atoms with Crippen molar-refractivity contribution in [2.75, 3.05) is 12.8 Å². The third kappa shape index (κ3) is 3.88. The van der Waals surface area contributed by atoms with Crippen molar-refractivity contribution in [2.45, 2.75) is 38.6 Å². The topological polar surface area (TPSA) is 50.9 Å². The lowest BCUT2D eigenvalue weighted by Crippen LogP contribution is -2.25. The van der Waals surface area contributed by atoms with Gasteiger partial charge in [0.15, 0.2) is 0 Å². The van der Waals surface area contributed by atoms with E-state index in [0.29, 0.717) is 11.9 Å². The lowest BCUT2D eigenvalue weighted by Gasteiger charge is -2.15. The second kappa shape index (κ2) is 6.40. The molecule has 0 amide bonds. The molecule has 1 aromatic heterocycles. The van der Waals surface area contributed by atoms with Crippen LogP contribution < -0.4 is 11.1 Å². The van der Waals surface area contributed by atoms with Gasteiger partial charge in [-0.3, -0.25) is 0 Å². The summed E-state index contributed by atoms with van der Waals surface area (Å²) < 4.78 is 0. The van der Waals surface area contributed by atoms with E-state index in [1.165, 1.54) is 12.8 Å². The van der Waals surface area contributed by atoms with Crippen LogP contribution in [-0.2, 0) is 6.42 Å². The number of nitrogens with one attached hydrogen (secondary N) is 1. The van der Waals surface area contributed by atoms with Gasteiger partial charge in [0.25, 0.3) is 0 Å². The van der Waals surface area contributed by atoms with Gasteiger partial charge in [-0.2, -0.15) is 0 Å². The normalized spacial score (nSPS) is 12.7. The van der Waals surface area contributed by atoms with E-state index in [9.17, 15) is 0 Å². The van der Waals surface area contributed by atoms with Crippen molar-refractivity contribution < 1.29 is 0 Å². The Hall–Kier alpha value is -1.09. The van der Waals surface area contributed by atoms with Crippen LogP contribution in [0.25, 0.3) is 0 Å². The molecule has 3 N–H and O–H groups in total. The monoisotopic (exact) mass is 207 g/mol. The number of pyridine rings is 1. The Labute approximate surface area is 92.1 Å². The molecule has 0 saturated heterocycles. The largest absolute Gasteiger partial charge is 0.383 e. The van der Waals surface area contributed by atoms with Gasteiger partial charge in [-0.05, 0) is 37.9 Å². The van der Waals surface area contributed by atoms with Crippen LogP contribution in [0.1, 0.15) is 31.7 Å². The number of hydrogen-bond acceptors (Lipinski definition) is 3. The molecule has 1 rings (SSSR count). The van der Waals surface area contributed by atoms with Crippen molar-refractivity contribution in [3.8, 4) is 0 Å². The second-order valence-electron chi connectivity index (χ2n) is 3.86. The van der Waals surface area contributed by atoms with E-state index in [-0.39, 0.29) is 0 Å². The first-order valence-corrected chi connectivity index (χ1v) is 5.64. The van der Waals surface area contributed by atoms with Crippen molar-refractivity contribution in [2.24, 2.45) is 0 Å². The van der Waals surface area contributed by atoms with Crippen LogP contribution in [0.15, 0.2) is 18.3 Å². The first-order valence-electron chi connectivity index (χ1n) is 5.64. The highest BCUT2D eigenvalue weighted by molar-refractivity contribution is 5.38. The van der Waals surface area contributed by atoms with Gasteiger partial charge < -0.3 is 11.1 Å². The fourth-order valence-corrected chi connectivity index (χ4v) is 1.77. The molecule has 15 heavy (non-hydrogen) atoms. The van der Waals surface area contributed by atoms with Gasteiger partial charge in [-0.15, -0.1) is 0 Å². The lowest BCUT2D eigenvalue weighted by molar-refractivity contribution is 0.484. The summed E-state index contributed by atoms with van der Waals surface area (Å²) in [6.45, 7) is 2.21. The van der Waals surface area contributed by atoms with Crippen LogP contribution in [0, 0.1) is 0 Å². The van der Waals surface area contributed by atoms with E-state index < -0.39 is 0 Å². The first kappa shape index (κ1) is 12.0. The quantitative estimate of drug-likeness (QED) is 0.750. The SMILES string of the molecule is CCCC(CCc1cccnc1N)NC. The zero-order valence-electron chi connectivity index (χ0n) is 9.66. The number of nitrogen functional groups attached to an aromatic ring is 1. The van der Waals surface area contributed by atoms with Crippen LogP contribution in [0.4, 0.5) is 5.82 Å². The minimum Gasteiger partial charge on any atom is -0.383 e. The Morgan fingerprint density at radius 1 is 1.47 bits per heavy atom. The molecule has 1 atom stereocenters. The zero-order chi connectivity index (χ0) is 11.1. The number of anilines is 1. The number of rotatable bonds is 6. The van der Waals surface area contributed by atoms with Crippen molar-refractivity contribution in [1.29, 1.82) is 0 Å². The zero-order valence-corrected chi connectivity index (χ0v) is 9.66. The van der Waals surface area contributed by atoms with E-state index in [4.69, 9.17) is 5.73 Å². The molecule has 0 radical (unpaired) electrons. The molecule has 1 heterocycles. The van der Waals surface area contributed by atoms with E-state index in [0.717, 1.165) is 18.4 Å². The second-order valence-corrected chi connectivity index (χ2v) is 3.86. The molecule has 0 aromatic carbocycles. The molecule has 84 valence electrons. The molecular formula is C12H21N3. The van der Waals surface area contributed by atoms with Crippen LogP contribution in [0.3, 0.4) is 0 Å². The Kier molecular flexibility index (Phi) is 5.12. The minimum absolute atomic E-state index is 0.592. The fourth-order valence-electron chi connectivity index (χ4n) is 1.77. The summed E-state index contributed by atoms with van der Waals surface area (Å²) in [5, 5.41) is 3.33. The molecule has 0 fully saturated rings. The number of hydrogen-bond donors (Lipinski definition) is 2. The van der Waals surface area contributed by atoms with Gasteiger partial charge in [0.05, 0.1) is 0 Å². The first-order chi connectivity index (χ1) is 7.27. The summed E-state index contributed by atoms with van der Waals surface area (Å²) in [7, 11) is 2.02.